The number of rotatable bonds is 3. The fourth-order valence-corrected chi connectivity index (χ4v) is 3.01. The molecule has 1 aromatic carbocycles. The number of nitrogens with one attached hydrogen (secondary N) is 1. The minimum atomic E-state index is -0.323. The molecule has 0 saturated carbocycles. The first-order valence-corrected chi connectivity index (χ1v) is 7.56. The van der Waals surface area contributed by atoms with E-state index in [-0.39, 0.29) is 16.5 Å². The Balaban J connectivity index is 2.49. The fourth-order valence-electron chi connectivity index (χ4n) is 2.96. The molecule has 2 rings (SSSR count). The second kappa shape index (κ2) is 6.04. The smallest absolute Gasteiger partial charge is 0.184 e. The van der Waals surface area contributed by atoms with Crippen molar-refractivity contribution in [2.75, 3.05) is 11.4 Å². The molecule has 0 saturated heterocycles. The third kappa shape index (κ3) is 3.11. The van der Waals surface area contributed by atoms with Crippen LogP contribution in [0.25, 0.3) is 5.57 Å². The number of halogens is 1. The van der Waals surface area contributed by atoms with Gasteiger partial charge in [-0.3, -0.25) is 5.43 Å². The Kier molecular flexibility index (Phi) is 4.51. The van der Waals surface area contributed by atoms with E-state index in [1.165, 1.54) is 6.21 Å². The number of likely N-dealkylation sites (N-methyl/N-ethyl adjacent to an activating group) is 1. The SMILES string of the molecule is CCN1c2cc(F)c(/C=N\NC(N)=S)cc2C(C)=CC1(C)C. The fraction of sp³-hybridized carbons (Fsp3) is 0.375. The van der Waals surface area contributed by atoms with E-state index in [4.69, 9.17) is 5.73 Å². The van der Waals surface area contributed by atoms with Crippen molar-refractivity contribution in [2.24, 2.45) is 10.8 Å². The van der Waals surface area contributed by atoms with Crippen LogP contribution in [0.4, 0.5) is 10.1 Å². The number of hydrogen-bond donors (Lipinski definition) is 2. The molecule has 1 aliphatic heterocycles. The number of hydrazone groups is 1. The van der Waals surface area contributed by atoms with Gasteiger partial charge in [0.2, 0.25) is 0 Å². The van der Waals surface area contributed by atoms with Crippen LogP contribution in [0, 0.1) is 5.82 Å². The van der Waals surface area contributed by atoms with Gasteiger partial charge in [-0.2, -0.15) is 5.10 Å². The van der Waals surface area contributed by atoms with Gasteiger partial charge in [-0.15, -0.1) is 0 Å². The summed E-state index contributed by atoms with van der Waals surface area (Å²) < 4.78 is 14.4. The zero-order valence-electron chi connectivity index (χ0n) is 13.3. The molecule has 22 heavy (non-hydrogen) atoms. The monoisotopic (exact) mass is 320 g/mol. The molecular weight excluding hydrogens is 299 g/mol. The van der Waals surface area contributed by atoms with Crippen molar-refractivity contribution < 1.29 is 4.39 Å². The van der Waals surface area contributed by atoms with Crippen molar-refractivity contribution in [3.8, 4) is 0 Å². The molecular formula is C16H21FN4S. The maximum Gasteiger partial charge on any atom is 0.184 e. The molecule has 4 nitrogen and oxygen atoms in total. The maximum absolute atomic E-state index is 14.4. The Morgan fingerprint density at radius 3 is 2.77 bits per heavy atom. The normalized spacial score (nSPS) is 16.4. The predicted molar refractivity (Wildman–Crippen MR) is 94.7 cm³/mol. The molecule has 1 aromatic rings. The molecule has 0 fully saturated rings. The molecule has 0 aromatic heterocycles. The number of hydrogen-bond acceptors (Lipinski definition) is 3. The topological polar surface area (TPSA) is 53.6 Å². The number of benzene rings is 1. The van der Waals surface area contributed by atoms with E-state index in [1.807, 2.05) is 6.92 Å². The van der Waals surface area contributed by atoms with Gasteiger partial charge >= 0.3 is 0 Å². The molecule has 0 amide bonds. The van der Waals surface area contributed by atoms with Gasteiger partial charge in [-0.25, -0.2) is 4.39 Å². The highest BCUT2D eigenvalue weighted by atomic mass is 32.1. The highest BCUT2D eigenvalue weighted by Crippen LogP contribution is 2.39. The summed E-state index contributed by atoms with van der Waals surface area (Å²) in [6.45, 7) is 9.17. The molecule has 0 spiro atoms. The van der Waals surface area contributed by atoms with E-state index in [9.17, 15) is 4.39 Å². The van der Waals surface area contributed by atoms with Gasteiger partial charge in [-0.1, -0.05) is 6.08 Å². The highest BCUT2D eigenvalue weighted by Gasteiger charge is 2.30. The van der Waals surface area contributed by atoms with Gasteiger partial charge in [0.1, 0.15) is 5.82 Å². The second-order valence-corrected chi connectivity index (χ2v) is 6.29. The first-order chi connectivity index (χ1) is 10.3. The Morgan fingerprint density at radius 1 is 1.50 bits per heavy atom. The lowest BCUT2D eigenvalue weighted by Crippen LogP contribution is -2.45. The summed E-state index contributed by atoms with van der Waals surface area (Å²) in [5, 5.41) is 3.88. The summed E-state index contributed by atoms with van der Waals surface area (Å²) in [6, 6.07) is 3.37. The third-order valence-corrected chi connectivity index (χ3v) is 3.88. The quantitative estimate of drug-likeness (QED) is 0.511. The van der Waals surface area contributed by atoms with E-state index < -0.39 is 0 Å². The van der Waals surface area contributed by atoms with Crippen molar-refractivity contribution in [2.45, 2.75) is 33.2 Å². The van der Waals surface area contributed by atoms with Crippen molar-refractivity contribution in [1.29, 1.82) is 0 Å². The molecule has 0 unspecified atom stereocenters. The van der Waals surface area contributed by atoms with E-state index in [2.05, 4.69) is 54.5 Å². The number of nitrogens with zero attached hydrogens (tertiary/aromatic N) is 2. The van der Waals surface area contributed by atoms with Gasteiger partial charge in [0, 0.05) is 23.4 Å². The van der Waals surface area contributed by atoms with Crippen LogP contribution in [0.1, 0.15) is 38.8 Å². The average molecular weight is 320 g/mol. The molecule has 1 heterocycles. The number of anilines is 1. The van der Waals surface area contributed by atoms with Gasteiger partial charge in [0.25, 0.3) is 0 Å². The van der Waals surface area contributed by atoms with Gasteiger partial charge in [0.05, 0.1) is 11.8 Å². The Hall–Kier alpha value is -1.95. The molecule has 118 valence electrons. The number of allylic oxidation sites excluding steroid dienone is 1. The Morgan fingerprint density at radius 2 is 2.18 bits per heavy atom. The van der Waals surface area contributed by atoms with E-state index in [1.54, 1.807) is 12.1 Å². The highest BCUT2D eigenvalue weighted by molar-refractivity contribution is 7.80. The standard InChI is InChI=1S/C16H21FN4S/c1-5-21-14-7-13(17)11(9-19-20-15(18)22)6-12(14)10(2)8-16(21,3)4/h6-9H,5H2,1-4H3,(H3,18,20,22)/b19-9-. The average Bonchev–Trinajstić information content (AvgIpc) is 2.39. The summed E-state index contributed by atoms with van der Waals surface area (Å²) in [6.07, 6.45) is 3.59. The molecule has 0 atom stereocenters. The van der Waals surface area contributed by atoms with Crippen LogP contribution in [0.15, 0.2) is 23.3 Å². The van der Waals surface area contributed by atoms with Crippen molar-refractivity contribution >= 4 is 34.8 Å². The number of nitrogens with two attached hydrogens (primary N) is 1. The van der Waals surface area contributed by atoms with Crippen molar-refractivity contribution in [3.05, 3.63) is 35.2 Å². The van der Waals surface area contributed by atoms with E-state index >= 15 is 0 Å². The minimum Gasteiger partial charge on any atom is -0.375 e. The lowest BCUT2D eigenvalue weighted by atomic mass is 9.88. The first kappa shape index (κ1) is 16.4. The summed E-state index contributed by atoms with van der Waals surface area (Å²) in [5.74, 6) is -0.323. The summed E-state index contributed by atoms with van der Waals surface area (Å²) in [7, 11) is 0. The summed E-state index contributed by atoms with van der Waals surface area (Å²) in [5.41, 5.74) is 11.0. The predicted octanol–water partition coefficient (Wildman–Crippen LogP) is 3.01. The zero-order chi connectivity index (χ0) is 16.5. The Bertz CT molecular complexity index is 664. The van der Waals surface area contributed by atoms with Crippen molar-refractivity contribution in [1.82, 2.24) is 5.43 Å². The van der Waals surface area contributed by atoms with Crippen LogP contribution in [0.2, 0.25) is 0 Å². The van der Waals surface area contributed by atoms with Crippen LogP contribution >= 0.6 is 12.2 Å². The molecule has 0 radical (unpaired) electrons. The van der Waals surface area contributed by atoms with Gasteiger partial charge in [0.15, 0.2) is 5.11 Å². The van der Waals surface area contributed by atoms with Gasteiger partial charge < -0.3 is 10.6 Å². The first-order valence-electron chi connectivity index (χ1n) is 7.15. The van der Waals surface area contributed by atoms with Gasteiger partial charge in [-0.05, 0) is 57.6 Å². The second-order valence-electron chi connectivity index (χ2n) is 5.85. The van der Waals surface area contributed by atoms with Crippen LogP contribution in [-0.2, 0) is 0 Å². The summed E-state index contributed by atoms with van der Waals surface area (Å²) in [4.78, 5) is 2.19. The summed E-state index contributed by atoms with van der Waals surface area (Å²) >= 11 is 4.66. The van der Waals surface area contributed by atoms with Crippen LogP contribution < -0.4 is 16.1 Å². The largest absolute Gasteiger partial charge is 0.375 e. The number of fused-ring (bicyclic) bond motifs is 1. The lowest BCUT2D eigenvalue weighted by molar-refractivity contribution is 0.561. The maximum atomic E-state index is 14.4. The van der Waals surface area contributed by atoms with Crippen LogP contribution in [0.3, 0.4) is 0 Å². The molecule has 3 N–H and O–H groups in total. The van der Waals surface area contributed by atoms with Crippen LogP contribution in [-0.4, -0.2) is 23.4 Å². The molecule has 0 aliphatic carbocycles. The third-order valence-electron chi connectivity index (χ3n) is 3.79. The van der Waals surface area contributed by atoms with E-state index in [0.717, 1.165) is 23.4 Å². The molecule has 6 heteroatoms. The van der Waals surface area contributed by atoms with Crippen molar-refractivity contribution in [3.63, 3.8) is 0 Å². The minimum absolute atomic E-state index is 0.0459. The van der Waals surface area contributed by atoms with E-state index in [0.29, 0.717) is 5.56 Å². The number of thiocarbonyl (C=S) groups is 1. The zero-order valence-corrected chi connectivity index (χ0v) is 14.1. The van der Waals surface area contributed by atoms with Crippen LogP contribution in [0.5, 0.6) is 0 Å². The Labute approximate surface area is 135 Å². The molecule has 1 aliphatic rings. The lowest BCUT2D eigenvalue weighted by Gasteiger charge is -2.42. The molecule has 0 bridgehead atoms.